The largest absolute Gasteiger partial charge is 0.481 e. The lowest BCUT2D eigenvalue weighted by Crippen LogP contribution is -2.26. The molecule has 0 aliphatic rings. The fourth-order valence-electron chi connectivity index (χ4n) is 1.83. The number of hydrogen-bond donors (Lipinski definition) is 1. The highest BCUT2D eigenvalue weighted by molar-refractivity contribution is 5.74. The summed E-state index contributed by atoms with van der Waals surface area (Å²) in [4.78, 5) is 11.1. The molecule has 3 nitrogen and oxygen atoms in total. The first-order valence-electron chi connectivity index (χ1n) is 6.26. The van der Waals surface area contributed by atoms with Gasteiger partial charge in [-0.1, -0.05) is 24.3 Å². The van der Waals surface area contributed by atoms with E-state index in [4.69, 9.17) is 9.84 Å². The lowest BCUT2D eigenvalue weighted by atomic mass is 9.85. The second-order valence-electron chi connectivity index (χ2n) is 5.28. The first kappa shape index (κ1) is 14.7. The number of ether oxygens (including phenoxy) is 1. The summed E-state index contributed by atoms with van der Waals surface area (Å²) in [7, 11) is 1.71. The van der Waals surface area contributed by atoms with Crippen LogP contribution in [0.25, 0.3) is 0 Å². The Morgan fingerprint density at radius 2 is 1.78 bits per heavy atom. The van der Waals surface area contributed by atoms with Crippen LogP contribution in [0.2, 0.25) is 0 Å². The third-order valence-corrected chi connectivity index (χ3v) is 3.06. The lowest BCUT2D eigenvalue weighted by molar-refractivity contribution is -0.146. The molecule has 0 radical (unpaired) electrons. The summed E-state index contributed by atoms with van der Waals surface area (Å²) >= 11 is 0. The van der Waals surface area contributed by atoms with Crippen LogP contribution in [0.4, 0.5) is 0 Å². The van der Waals surface area contributed by atoms with E-state index in [1.807, 2.05) is 12.1 Å². The number of hydrogen-bond acceptors (Lipinski definition) is 2. The first-order chi connectivity index (χ1) is 8.45. The van der Waals surface area contributed by atoms with E-state index in [0.717, 1.165) is 25.0 Å². The molecule has 1 aromatic rings. The van der Waals surface area contributed by atoms with Gasteiger partial charge in [0.2, 0.25) is 0 Å². The molecule has 0 bridgehead atoms. The zero-order valence-electron chi connectivity index (χ0n) is 11.4. The van der Waals surface area contributed by atoms with Crippen molar-refractivity contribution in [3.63, 3.8) is 0 Å². The smallest absolute Gasteiger partial charge is 0.309 e. The molecule has 0 spiro atoms. The second-order valence-corrected chi connectivity index (χ2v) is 5.28. The summed E-state index contributed by atoms with van der Waals surface area (Å²) in [5.41, 5.74) is 1.62. The van der Waals surface area contributed by atoms with Gasteiger partial charge in [0.05, 0.1) is 5.41 Å². The van der Waals surface area contributed by atoms with Crippen LogP contribution in [0.3, 0.4) is 0 Å². The van der Waals surface area contributed by atoms with Crippen LogP contribution in [-0.2, 0) is 22.4 Å². The minimum absolute atomic E-state index is 0.556. The molecule has 1 rings (SSSR count). The van der Waals surface area contributed by atoms with E-state index in [1.165, 1.54) is 5.56 Å². The fraction of sp³-hybridized carbons (Fsp3) is 0.533. The normalized spacial score (nSPS) is 11.5. The summed E-state index contributed by atoms with van der Waals surface area (Å²) in [6.45, 7) is 4.28. The van der Waals surface area contributed by atoms with Crippen LogP contribution >= 0.6 is 0 Å². The van der Waals surface area contributed by atoms with Crippen molar-refractivity contribution in [2.75, 3.05) is 13.7 Å². The number of carboxylic acid groups (broad SMARTS) is 1. The fourth-order valence-corrected chi connectivity index (χ4v) is 1.83. The van der Waals surface area contributed by atoms with Gasteiger partial charge < -0.3 is 9.84 Å². The van der Waals surface area contributed by atoms with Gasteiger partial charge in [0.25, 0.3) is 0 Å². The number of aliphatic carboxylic acids is 1. The molecule has 0 saturated carbocycles. The Kier molecular flexibility index (Phi) is 5.35. The van der Waals surface area contributed by atoms with Crippen molar-refractivity contribution in [2.45, 2.75) is 33.1 Å². The Balaban J connectivity index is 2.57. The van der Waals surface area contributed by atoms with E-state index in [2.05, 4.69) is 12.1 Å². The van der Waals surface area contributed by atoms with E-state index in [0.29, 0.717) is 6.42 Å². The predicted molar refractivity (Wildman–Crippen MR) is 71.8 cm³/mol. The van der Waals surface area contributed by atoms with E-state index >= 15 is 0 Å². The maximum absolute atomic E-state index is 11.1. The minimum Gasteiger partial charge on any atom is -0.481 e. The maximum atomic E-state index is 11.1. The van der Waals surface area contributed by atoms with Gasteiger partial charge in [-0.15, -0.1) is 0 Å². The van der Waals surface area contributed by atoms with Crippen molar-refractivity contribution < 1.29 is 14.6 Å². The maximum Gasteiger partial charge on any atom is 0.309 e. The molecule has 0 aliphatic heterocycles. The summed E-state index contributed by atoms with van der Waals surface area (Å²) in [6, 6.07) is 8.19. The summed E-state index contributed by atoms with van der Waals surface area (Å²) in [5, 5.41) is 9.09. The van der Waals surface area contributed by atoms with E-state index in [1.54, 1.807) is 21.0 Å². The first-order valence-corrected chi connectivity index (χ1v) is 6.26. The van der Waals surface area contributed by atoms with Crippen molar-refractivity contribution >= 4 is 5.97 Å². The molecule has 0 atom stereocenters. The summed E-state index contributed by atoms with van der Waals surface area (Å²) in [5.74, 6) is -0.758. The number of rotatable bonds is 7. The van der Waals surface area contributed by atoms with Crippen LogP contribution in [0.5, 0.6) is 0 Å². The van der Waals surface area contributed by atoms with E-state index in [-0.39, 0.29) is 0 Å². The zero-order chi connectivity index (χ0) is 13.6. The molecule has 0 unspecified atom stereocenters. The van der Waals surface area contributed by atoms with Gasteiger partial charge in [-0.25, -0.2) is 0 Å². The van der Waals surface area contributed by atoms with E-state index in [9.17, 15) is 4.79 Å². The molecule has 18 heavy (non-hydrogen) atoms. The molecule has 0 aliphatic carbocycles. The molecule has 3 heteroatoms. The predicted octanol–water partition coefficient (Wildman–Crippen LogP) is 2.92. The number of carboxylic acids is 1. The van der Waals surface area contributed by atoms with Crippen molar-refractivity contribution in [2.24, 2.45) is 5.41 Å². The van der Waals surface area contributed by atoms with E-state index < -0.39 is 11.4 Å². The van der Waals surface area contributed by atoms with Crippen LogP contribution in [0.1, 0.15) is 31.4 Å². The highest BCUT2D eigenvalue weighted by atomic mass is 16.5. The second kappa shape index (κ2) is 6.55. The molecule has 0 saturated heterocycles. The van der Waals surface area contributed by atoms with Gasteiger partial charge in [-0.2, -0.15) is 0 Å². The number of benzene rings is 1. The molecule has 1 N–H and O–H groups in total. The monoisotopic (exact) mass is 250 g/mol. The number of aryl methyl sites for hydroxylation is 1. The minimum atomic E-state index is -0.758. The van der Waals surface area contributed by atoms with Crippen LogP contribution in [-0.4, -0.2) is 24.8 Å². The van der Waals surface area contributed by atoms with Gasteiger partial charge >= 0.3 is 5.97 Å². The van der Waals surface area contributed by atoms with Crippen molar-refractivity contribution in [3.05, 3.63) is 35.4 Å². The van der Waals surface area contributed by atoms with Gasteiger partial charge in [-0.05, 0) is 44.2 Å². The molecular weight excluding hydrogens is 228 g/mol. The quantitative estimate of drug-likeness (QED) is 0.757. The Labute approximate surface area is 109 Å². The Morgan fingerprint density at radius 3 is 2.28 bits per heavy atom. The zero-order valence-corrected chi connectivity index (χ0v) is 11.4. The van der Waals surface area contributed by atoms with Crippen LogP contribution < -0.4 is 0 Å². The molecule has 0 fully saturated rings. The SMILES string of the molecule is COCCCc1ccc(CC(C)(C)C(=O)O)cc1. The highest BCUT2D eigenvalue weighted by Crippen LogP contribution is 2.22. The average Bonchev–Trinajstić information content (AvgIpc) is 2.31. The third kappa shape index (κ3) is 4.49. The Bertz CT molecular complexity index is 379. The standard InChI is InChI=1S/C15H22O3/c1-15(2,14(16)17)11-13-8-6-12(7-9-13)5-4-10-18-3/h6-9H,4-5,10-11H2,1-3H3,(H,16,17). The third-order valence-electron chi connectivity index (χ3n) is 3.06. The Morgan fingerprint density at radius 1 is 1.22 bits per heavy atom. The van der Waals surface area contributed by atoms with Gasteiger partial charge in [0.1, 0.15) is 0 Å². The van der Waals surface area contributed by atoms with Gasteiger partial charge in [0.15, 0.2) is 0 Å². The van der Waals surface area contributed by atoms with Crippen LogP contribution in [0, 0.1) is 5.41 Å². The van der Waals surface area contributed by atoms with Crippen molar-refractivity contribution in [1.82, 2.24) is 0 Å². The molecule has 100 valence electrons. The lowest BCUT2D eigenvalue weighted by Gasteiger charge is -2.19. The molecule has 0 aromatic heterocycles. The molecular formula is C15H22O3. The average molecular weight is 250 g/mol. The van der Waals surface area contributed by atoms with Crippen molar-refractivity contribution in [3.8, 4) is 0 Å². The molecule has 0 heterocycles. The van der Waals surface area contributed by atoms with Crippen LogP contribution in [0.15, 0.2) is 24.3 Å². The highest BCUT2D eigenvalue weighted by Gasteiger charge is 2.27. The molecule has 1 aromatic carbocycles. The summed E-state index contributed by atoms with van der Waals surface area (Å²) < 4.78 is 5.01. The summed E-state index contributed by atoms with van der Waals surface area (Å²) in [6.07, 6.45) is 2.56. The number of methoxy groups -OCH3 is 1. The topological polar surface area (TPSA) is 46.5 Å². The van der Waals surface area contributed by atoms with Gasteiger partial charge in [0, 0.05) is 13.7 Å². The number of carbonyl (C=O) groups is 1. The van der Waals surface area contributed by atoms with Crippen molar-refractivity contribution in [1.29, 1.82) is 0 Å². The Hall–Kier alpha value is -1.35. The van der Waals surface area contributed by atoms with Gasteiger partial charge in [-0.3, -0.25) is 4.79 Å². The molecule has 0 amide bonds.